The second-order valence-corrected chi connectivity index (χ2v) is 8.23. The van der Waals surface area contributed by atoms with E-state index in [0.29, 0.717) is 41.0 Å². The highest BCUT2D eigenvalue weighted by Gasteiger charge is 2.12. The Hall–Kier alpha value is -4.29. The van der Waals surface area contributed by atoms with Gasteiger partial charge in [-0.25, -0.2) is 5.43 Å². The number of carbonyl (C=O) groups excluding carboxylic acids is 1. The van der Waals surface area contributed by atoms with Crippen LogP contribution in [0.3, 0.4) is 0 Å². The predicted molar refractivity (Wildman–Crippen MR) is 141 cm³/mol. The Morgan fingerprint density at radius 1 is 0.806 bits per heavy atom. The standard InChI is InChI=1S/C29H25ClN2O4/c1-34-26-15-13-24(30)17-25(26)29(33)32-31-18-23-12-14-27(35-19-21-8-4-2-5-9-21)28(16-23)36-20-22-10-6-3-7-11-22/h2-18H,19-20H2,1H3,(H,32,33). The lowest BCUT2D eigenvalue weighted by atomic mass is 10.2. The molecule has 1 N–H and O–H groups in total. The number of benzene rings is 4. The summed E-state index contributed by atoms with van der Waals surface area (Å²) in [5.41, 5.74) is 5.61. The molecule has 0 atom stereocenters. The van der Waals surface area contributed by atoms with Crippen molar-refractivity contribution in [2.75, 3.05) is 7.11 Å². The molecule has 0 fully saturated rings. The molecule has 0 aliphatic heterocycles. The van der Waals surface area contributed by atoms with Crippen LogP contribution in [0.4, 0.5) is 0 Å². The van der Waals surface area contributed by atoms with Crippen LogP contribution in [0, 0.1) is 0 Å². The summed E-state index contributed by atoms with van der Waals surface area (Å²) in [5, 5.41) is 4.51. The summed E-state index contributed by atoms with van der Waals surface area (Å²) in [7, 11) is 1.49. The van der Waals surface area contributed by atoms with Crippen LogP contribution >= 0.6 is 11.6 Å². The van der Waals surface area contributed by atoms with Gasteiger partial charge in [0, 0.05) is 5.02 Å². The van der Waals surface area contributed by atoms with Gasteiger partial charge < -0.3 is 14.2 Å². The summed E-state index contributed by atoms with van der Waals surface area (Å²) >= 11 is 6.02. The summed E-state index contributed by atoms with van der Waals surface area (Å²) in [6.07, 6.45) is 1.53. The number of hydrazone groups is 1. The lowest BCUT2D eigenvalue weighted by Crippen LogP contribution is -2.18. The van der Waals surface area contributed by atoms with Crippen LogP contribution in [0.1, 0.15) is 27.0 Å². The average molecular weight is 501 g/mol. The van der Waals surface area contributed by atoms with Crippen molar-refractivity contribution in [3.8, 4) is 17.2 Å². The molecule has 182 valence electrons. The first-order valence-electron chi connectivity index (χ1n) is 11.3. The lowest BCUT2D eigenvalue weighted by Gasteiger charge is -2.14. The Morgan fingerprint density at radius 3 is 2.06 bits per heavy atom. The fraction of sp³-hybridized carbons (Fsp3) is 0.103. The number of rotatable bonds is 10. The Kier molecular flexibility index (Phi) is 8.57. The van der Waals surface area contributed by atoms with E-state index in [4.69, 9.17) is 25.8 Å². The molecule has 6 nitrogen and oxygen atoms in total. The van der Waals surface area contributed by atoms with E-state index in [1.807, 2.05) is 78.9 Å². The van der Waals surface area contributed by atoms with Crippen LogP contribution in [0.5, 0.6) is 17.2 Å². The van der Waals surface area contributed by atoms with Crippen LogP contribution in [0.25, 0.3) is 0 Å². The monoisotopic (exact) mass is 500 g/mol. The zero-order valence-electron chi connectivity index (χ0n) is 19.7. The Bertz CT molecular complexity index is 1330. The molecule has 0 saturated carbocycles. The largest absolute Gasteiger partial charge is 0.496 e. The fourth-order valence-electron chi connectivity index (χ4n) is 3.39. The third-order valence-electron chi connectivity index (χ3n) is 5.23. The van der Waals surface area contributed by atoms with E-state index in [-0.39, 0.29) is 0 Å². The minimum atomic E-state index is -0.436. The van der Waals surface area contributed by atoms with Gasteiger partial charge in [0.15, 0.2) is 11.5 Å². The average Bonchev–Trinajstić information content (AvgIpc) is 2.92. The molecule has 0 saturated heterocycles. The molecule has 0 unspecified atom stereocenters. The summed E-state index contributed by atoms with van der Waals surface area (Å²) < 4.78 is 17.4. The molecule has 4 aromatic rings. The highest BCUT2D eigenvalue weighted by Crippen LogP contribution is 2.30. The molecule has 0 heterocycles. The van der Waals surface area contributed by atoms with Crippen molar-refractivity contribution in [3.63, 3.8) is 0 Å². The zero-order chi connectivity index (χ0) is 25.2. The van der Waals surface area contributed by atoms with Crippen molar-refractivity contribution in [1.29, 1.82) is 0 Å². The number of methoxy groups -OCH3 is 1. The summed E-state index contributed by atoms with van der Waals surface area (Å²) in [5.74, 6) is 1.15. The molecule has 0 bridgehead atoms. The van der Waals surface area contributed by atoms with Gasteiger partial charge in [-0.2, -0.15) is 5.10 Å². The molecule has 0 aromatic heterocycles. The van der Waals surface area contributed by atoms with Gasteiger partial charge in [-0.3, -0.25) is 4.79 Å². The highest BCUT2D eigenvalue weighted by atomic mass is 35.5. The van der Waals surface area contributed by atoms with Crippen LogP contribution in [0.15, 0.2) is 102 Å². The maximum Gasteiger partial charge on any atom is 0.275 e. The van der Waals surface area contributed by atoms with Crippen molar-refractivity contribution < 1.29 is 19.0 Å². The van der Waals surface area contributed by atoms with E-state index in [1.54, 1.807) is 12.1 Å². The molecule has 1 amide bonds. The third-order valence-corrected chi connectivity index (χ3v) is 5.46. The number of carbonyl (C=O) groups is 1. The maximum atomic E-state index is 12.6. The Morgan fingerprint density at radius 2 is 1.42 bits per heavy atom. The molecule has 7 heteroatoms. The van der Waals surface area contributed by atoms with Crippen LogP contribution < -0.4 is 19.6 Å². The summed E-state index contributed by atoms with van der Waals surface area (Å²) in [6, 6.07) is 30.1. The van der Waals surface area contributed by atoms with Gasteiger partial charge in [-0.1, -0.05) is 72.3 Å². The van der Waals surface area contributed by atoms with E-state index in [9.17, 15) is 4.79 Å². The van der Waals surface area contributed by atoms with Crippen LogP contribution in [0.2, 0.25) is 5.02 Å². The molecular weight excluding hydrogens is 476 g/mol. The molecule has 36 heavy (non-hydrogen) atoms. The number of hydrogen-bond acceptors (Lipinski definition) is 5. The van der Waals surface area contributed by atoms with Crippen molar-refractivity contribution in [2.24, 2.45) is 5.10 Å². The van der Waals surface area contributed by atoms with Crippen LogP contribution in [-0.2, 0) is 13.2 Å². The van der Waals surface area contributed by atoms with Gasteiger partial charge in [-0.05, 0) is 53.1 Å². The van der Waals surface area contributed by atoms with Gasteiger partial charge in [0.25, 0.3) is 5.91 Å². The van der Waals surface area contributed by atoms with E-state index in [0.717, 1.165) is 16.7 Å². The van der Waals surface area contributed by atoms with Crippen molar-refractivity contribution in [2.45, 2.75) is 13.2 Å². The first-order valence-corrected chi connectivity index (χ1v) is 11.6. The second-order valence-electron chi connectivity index (χ2n) is 7.80. The molecule has 4 aromatic carbocycles. The topological polar surface area (TPSA) is 69.2 Å². The first-order chi connectivity index (χ1) is 17.6. The Balaban J connectivity index is 1.48. The van der Waals surface area contributed by atoms with Crippen molar-refractivity contribution in [1.82, 2.24) is 5.43 Å². The van der Waals surface area contributed by atoms with E-state index >= 15 is 0 Å². The quantitative estimate of drug-likeness (QED) is 0.206. The number of halogens is 1. The number of amides is 1. The number of hydrogen-bond donors (Lipinski definition) is 1. The molecule has 4 rings (SSSR count). The van der Waals surface area contributed by atoms with Gasteiger partial charge in [-0.15, -0.1) is 0 Å². The molecule has 0 aliphatic rings. The number of ether oxygens (including phenoxy) is 3. The first kappa shape index (κ1) is 24.8. The molecular formula is C29H25ClN2O4. The summed E-state index contributed by atoms with van der Waals surface area (Å²) in [6.45, 7) is 0.794. The SMILES string of the molecule is COc1ccc(Cl)cc1C(=O)NN=Cc1ccc(OCc2ccccc2)c(OCc2ccccc2)c1. The molecule has 0 radical (unpaired) electrons. The smallest absolute Gasteiger partial charge is 0.275 e. The van der Waals surface area contributed by atoms with Gasteiger partial charge in [0.2, 0.25) is 0 Å². The minimum Gasteiger partial charge on any atom is -0.496 e. The number of nitrogens with one attached hydrogen (secondary N) is 1. The summed E-state index contributed by atoms with van der Waals surface area (Å²) in [4.78, 5) is 12.6. The fourth-order valence-corrected chi connectivity index (χ4v) is 3.56. The van der Waals surface area contributed by atoms with E-state index in [1.165, 1.54) is 19.4 Å². The second kappa shape index (κ2) is 12.4. The maximum absolute atomic E-state index is 12.6. The van der Waals surface area contributed by atoms with Crippen LogP contribution in [-0.4, -0.2) is 19.2 Å². The minimum absolute atomic E-state index is 0.290. The zero-order valence-corrected chi connectivity index (χ0v) is 20.4. The van der Waals surface area contributed by atoms with E-state index < -0.39 is 5.91 Å². The van der Waals surface area contributed by atoms with Gasteiger partial charge in [0.05, 0.1) is 18.9 Å². The molecule has 0 aliphatic carbocycles. The van der Waals surface area contributed by atoms with E-state index in [2.05, 4.69) is 10.5 Å². The van der Waals surface area contributed by atoms with Gasteiger partial charge in [0.1, 0.15) is 19.0 Å². The Labute approximate surface area is 215 Å². The highest BCUT2D eigenvalue weighted by molar-refractivity contribution is 6.31. The van der Waals surface area contributed by atoms with Crippen molar-refractivity contribution in [3.05, 3.63) is 124 Å². The third kappa shape index (κ3) is 6.87. The lowest BCUT2D eigenvalue weighted by molar-refractivity contribution is 0.0952. The molecule has 0 spiro atoms. The van der Waals surface area contributed by atoms with Gasteiger partial charge >= 0.3 is 0 Å². The predicted octanol–water partition coefficient (Wildman–Crippen LogP) is 6.27. The normalized spacial score (nSPS) is 10.7. The number of nitrogens with zero attached hydrogens (tertiary/aromatic N) is 1. The van der Waals surface area contributed by atoms with Crippen molar-refractivity contribution >= 4 is 23.7 Å².